The first-order valence-corrected chi connectivity index (χ1v) is 14.1. The van der Waals surface area contributed by atoms with Gasteiger partial charge in [-0.1, -0.05) is 55.0 Å². The third-order valence-electron chi connectivity index (χ3n) is 8.18. The van der Waals surface area contributed by atoms with Crippen LogP contribution in [0.25, 0.3) is 11.1 Å². The first kappa shape index (κ1) is 29.7. The molecule has 1 aliphatic heterocycles. The summed E-state index contributed by atoms with van der Waals surface area (Å²) in [4.78, 5) is 30.2. The van der Waals surface area contributed by atoms with Crippen molar-refractivity contribution in [2.24, 2.45) is 0 Å². The van der Waals surface area contributed by atoms with Gasteiger partial charge in [-0.05, 0) is 59.3 Å². The first-order chi connectivity index (χ1) is 20.1. The van der Waals surface area contributed by atoms with Gasteiger partial charge in [0.25, 0.3) is 0 Å². The van der Waals surface area contributed by atoms with Crippen LogP contribution in [0.5, 0.6) is 0 Å². The maximum atomic E-state index is 13.6. The molecule has 0 radical (unpaired) electrons. The SMILES string of the molecule is O=C(Cc1cc(F)cc(F)c1)N1CCN(CCCCC2(C(=O)NCC(F)(F)F)c3ccccc3-c3ccccc32)CC1. The van der Waals surface area contributed by atoms with Crippen LogP contribution in [0, 0.1) is 11.6 Å². The standard InChI is InChI=1S/C32H32F5N3O2/c33-23-17-22(18-24(34)20-23)19-29(41)40-15-13-39(14-16-40)12-6-5-11-31(30(42)38-21-32(35,36)37)27-9-3-1-7-25(27)26-8-2-4-10-28(26)31/h1-4,7-10,17-18,20H,5-6,11-16,19,21H2,(H,38,42). The fourth-order valence-corrected chi connectivity index (χ4v) is 6.23. The highest BCUT2D eigenvalue weighted by atomic mass is 19.4. The molecule has 3 aromatic rings. The topological polar surface area (TPSA) is 52.7 Å². The summed E-state index contributed by atoms with van der Waals surface area (Å²) in [6.07, 6.45) is -2.92. The minimum Gasteiger partial charge on any atom is -0.346 e. The summed E-state index contributed by atoms with van der Waals surface area (Å²) in [5, 5.41) is 2.16. The van der Waals surface area contributed by atoms with Crippen molar-refractivity contribution < 1.29 is 31.5 Å². The number of halogens is 5. The molecule has 0 atom stereocenters. The largest absolute Gasteiger partial charge is 0.405 e. The van der Waals surface area contributed by atoms with Gasteiger partial charge in [0.05, 0.1) is 6.42 Å². The molecule has 5 nitrogen and oxygen atoms in total. The van der Waals surface area contributed by atoms with E-state index in [4.69, 9.17) is 0 Å². The van der Waals surface area contributed by atoms with E-state index < -0.39 is 35.7 Å². The zero-order valence-corrected chi connectivity index (χ0v) is 23.0. The van der Waals surface area contributed by atoms with Crippen LogP contribution < -0.4 is 5.32 Å². The molecule has 2 amide bonds. The summed E-state index contributed by atoms with van der Waals surface area (Å²) < 4.78 is 66.2. The molecule has 1 heterocycles. The molecule has 3 aromatic carbocycles. The number of unbranched alkanes of at least 4 members (excludes halogenated alkanes) is 1. The number of nitrogens with zero attached hydrogens (tertiary/aromatic N) is 2. The molecule has 42 heavy (non-hydrogen) atoms. The Morgan fingerprint density at radius 1 is 0.810 bits per heavy atom. The van der Waals surface area contributed by atoms with Gasteiger partial charge in [-0.2, -0.15) is 13.2 Å². The van der Waals surface area contributed by atoms with Crippen LogP contribution in [-0.2, 0) is 21.4 Å². The Morgan fingerprint density at radius 2 is 1.38 bits per heavy atom. The molecule has 5 rings (SSSR count). The number of alkyl halides is 3. The lowest BCUT2D eigenvalue weighted by Gasteiger charge is -2.35. The predicted molar refractivity (Wildman–Crippen MR) is 149 cm³/mol. The minimum atomic E-state index is -4.52. The van der Waals surface area contributed by atoms with E-state index >= 15 is 0 Å². The van der Waals surface area contributed by atoms with Gasteiger partial charge in [-0.3, -0.25) is 14.5 Å². The highest BCUT2D eigenvalue weighted by Gasteiger charge is 2.49. The van der Waals surface area contributed by atoms with Crippen LogP contribution in [-0.4, -0.2) is 67.1 Å². The molecular formula is C32H32F5N3O2. The zero-order valence-electron chi connectivity index (χ0n) is 23.0. The maximum Gasteiger partial charge on any atom is 0.405 e. The fourth-order valence-electron chi connectivity index (χ4n) is 6.23. The van der Waals surface area contributed by atoms with Gasteiger partial charge in [0.1, 0.15) is 23.6 Å². The van der Waals surface area contributed by atoms with E-state index in [1.54, 1.807) is 4.90 Å². The molecule has 1 aliphatic carbocycles. The molecule has 1 fully saturated rings. The van der Waals surface area contributed by atoms with Crippen molar-refractivity contribution in [3.8, 4) is 11.1 Å². The van der Waals surface area contributed by atoms with Crippen molar-refractivity contribution in [1.29, 1.82) is 0 Å². The van der Waals surface area contributed by atoms with E-state index in [1.807, 2.05) is 48.5 Å². The smallest absolute Gasteiger partial charge is 0.346 e. The van der Waals surface area contributed by atoms with Gasteiger partial charge in [0.15, 0.2) is 0 Å². The van der Waals surface area contributed by atoms with Crippen molar-refractivity contribution in [2.75, 3.05) is 39.3 Å². The van der Waals surface area contributed by atoms with E-state index in [9.17, 15) is 31.5 Å². The second kappa shape index (κ2) is 12.2. The minimum absolute atomic E-state index is 0.0733. The van der Waals surface area contributed by atoms with Gasteiger partial charge in [0.2, 0.25) is 11.8 Å². The number of amides is 2. The van der Waals surface area contributed by atoms with Crippen LogP contribution in [0.4, 0.5) is 22.0 Å². The molecular weight excluding hydrogens is 553 g/mol. The van der Waals surface area contributed by atoms with Crippen LogP contribution in [0.15, 0.2) is 66.7 Å². The summed E-state index contributed by atoms with van der Waals surface area (Å²) in [7, 11) is 0. The molecule has 0 spiro atoms. The quantitative estimate of drug-likeness (QED) is 0.268. The average Bonchev–Trinajstić information content (AvgIpc) is 3.24. The summed E-state index contributed by atoms with van der Waals surface area (Å²) >= 11 is 0. The molecule has 0 aromatic heterocycles. The van der Waals surface area contributed by atoms with Crippen molar-refractivity contribution in [3.63, 3.8) is 0 Å². The van der Waals surface area contributed by atoms with Gasteiger partial charge in [-0.25, -0.2) is 8.78 Å². The average molecular weight is 586 g/mol. The Morgan fingerprint density at radius 3 is 1.95 bits per heavy atom. The van der Waals surface area contributed by atoms with Crippen molar-refractivity contribution >= 4 is 11.8 Å². The van der Waals surface area contributed by atoms with Crippen LogP contribution in [0.1, 0.15) is 36.0 Å². The molecule has 1 saturated heterocycles. The third kappa shape index (κ3) is 6.33. The Labute approximate surface area is 241 Å². The van der Waals surface area contributed by atoms with Crippen molar-refractivity contribution in [3.05, 3.63) is 95.1 Å². The monoisotopic (exact) mass is 585 g/mol. The highest BCUT2D eigenvalue weighted by Crippen LogP contribution is 2.51. The second-order valence-corrected chi connectivity index (χ2v) is 10.9. The number of rotatable bonds is 9. The molecule has 0 bridgehead atoms. The number of benzene rings is 3. The van der Waals surface area contributed by atoms with E-state index in [-0.39, 0.29) is 12.3 Å². The van der Waals surface area contributed by atoms with Crippen molar-refractivity contribution in [1.82, 2.24) is 15.1 Å². The molecule has 0 saturated carbocycles. The predicted octanol–water partition coefficient (Wildman–Crippen LogP) is 5.47. The Bertz CT molecular complexity index is 1380. The molecule has 1 N–H and O–H groups in total. The number of carbonyl (C=O) groups excluding carboxylic acids is 2. The normalized spacial score (nSPS) is 16.2. The van der Waals surface area contributed by atoms with Crippen molar-refractivity contribution in [2.45, 2.75) is 37.3 Å². The van der Waals surface area contributed by atoms with E-state index in [2.05, 4.69) is 10.2 Å². The van der Waals surface area contributed by atoms with Crippen LogP contribution in [0.2, 0.25) is 0 Å². The third-order valence-corrected chi connectivity index (χ3v) is 8.18. The van der Waals surface area contributed by atoms with Gasteiger partial charge in [-0.15, -0.1) is 0 Å². The lowest BCUT2D eigenvalue weighted by atomic mass is 9.73. The number of fused-ring (bicyclic) bond motifs is 3. The maximum absolute atomic E-state index is 13.6. The lowest BCUT2D eigenvalue weighted by Crippen LogP contribution is -2.49. The lowest BCUT2D eigenvalue weighted by molar-refractivity contribution is -0.141. The number of hydrogen-bond acceptors (Lipinski definition) is 3. The summed E-state index contributed by atoms with van der Waals surface area (Å²) in [6, 6.07) is 17.9. The Kier molecular flexibility index (Phi) is 8.63. The van der Waals surface area contributed by atoms with E-state index in [0.29, 0.717) is 51.1 Å². The number of carbonyl (C=O) groups is 2. The summed E-state index contributed by atoms with van der Waals surface area (Å²) in [5.41, 5.74) is 2.23. The summed E-state index contributed by atoms with van der Waals surface area (Å²) in [5.74, 6) is -2.27. The van der Waals surface area contributed by atoms with Crippen LogP contribution in [0.3, 0.4) is 0 Å². The zero-order chi connectivity index (χ0) is 29.9. The number of piperazine rings is 1. The van der Waals surface area contributed by atoms with Crippen LogP contribution >= 0.6 is 0 Å². The Hall–Kier alpha value is -3.79. The van der Waals surface area contributed by atoms with E-state index in [0.717, 1.165) is 46.9 Å². The molecule has 0 unspecified atom stereocenters. The first-order valence-electron chi connectivity index (χ1n) is 14.1. The Balaban J connectivity index is 1.20. The molecule has 2 aliphatic rings. The number of hydrogen-bond donors (Lipinski definition) is 1. The van der Waals surface area contributed by atoms with Gasteiger partial charge >= 0.3 is 6.18 Å². The second-order valence-electron chi connectivity index (χ2n) is 10.9. The van der Waals surface area contributed by atoms with Gasteiger partial charge in [0, 0.05) is 32.2 Å². The summed E-state index contributed by atoms with van der Waals surface area (Å²) in [6.45, 7) is 1.55. The fraction of sp³-hybridized carbons (Fsp3) is 0.375. The number of nitrogens with one attached hydrogen (secondary N) is 1. The molecule has 222 valence electrons. The van der Waals surface area contributed by atoms with Gasteiger partial charge < -0.3 is 10.2 Å². The highest BCUT2D eigenvalue weighted by molar-refractivity contribution is 6.00. The van der Waals surface area contributed by atoms with E-state index in [1.165, 1.54) is 0 Å². The molecule has 10 heteroatoms.